The van der Waals surface area contributed by atoms with Crippen molar-refractivity contribution >= 4 is 48.6 Å². The van der Waals surface area contributed by atoms with Gasteiger partial charge >= 0.3 is 0 Å². The third-order valence-electron chi connectivity index (χ3n) is 15.5. The van der Waals surface area contributed by atoms with Gasteiger partial charge in [-0.15, -0.1) is 11.3 Å². The van der Waals surface area contributed by atoms with Crippen LogP contribution >= 0.6 is 11.3 Å². The molecule has 2 heteroatoms. The van der Waals surface area contributed by atoms with Gasteiger partial charge in [0.15, 0.2) is 0 Å². The molecule has 1 aromatic heterocycles. The maximum absolute atomic E-state index is 2.53. The molecule has 65 heavy (non-hydrogen) atoms. The van der Waals surface area contributed by atoms with E-state index in [1.54, 1.807) is 0 Å². The summed E-state index contributed by atoms with van der Waals surface area (Å²) in [5, 5.41) is 2.68. The van der Waals surface area contributed by atoms with E-state index >= 15 is 0 Å². The van der Waals surface area contributed by atoms with Crippen LogP contribution in [0.3, 0.4) is 0 Å². The molecule has 1 nitrogen and oxygen atoms in total. The van der Waals surface area contributed by atoms with E-state index in [-0.39, 0.29) is 16.2 Å². The topological polar surface area (TPSA) is 3.24 Å². The lowest BCUT2D eigenvalue weighted by atomic mass is 9.81. The maximum Gasteiger partial charge on any atom is 0.0465 e. The first-order valence-electron chi connectivity index (χ1n) is 23.1. The van der Waals surface area contributed by atoms with Crippen molar-refractivity contribution in [2.75, 3.05) is 4.90 Å². The van der Waals surface area contributed by atoms with E-state index in [0.717, 1.165) is 0 Å². The fraction of sp³-hybridized carbons (Fsp3) is 0.143. The number of benzene rings is 9. The smallest absolute Gasteiger partial charge is 0.0465 e. The maximum atomic E-state index is 2.53. The Morgan fingerprint density at radius 3 is 1.28 bits per heavy atom. The minimum absolute atomic E-state index is 0.119. The molecule has 0 saturated carbocycles. The second-order valence-electron chi connectivity index (χ2n) is 20.1. The van der Waals surface area contributed by atoms with Crippen molar-refractivity contribution in [1.29, 1.82) is 0 Å². The lowest BCUT2D eigenvalue weighted by molar-refractivity contribution is 0.659. The monoisotopic (exact) mass is 851 g/mol. The minimum Gasteiger partial charge on any atom is -0.310 e. The molecule has 9 aromatic carbocycles. The van der Waals surface area contributed by atoms with Gasteiger partial charge in [-0.05, 0) is 156 Å². The van der Waals surface area contributed by atoms with E-state index in [2.05, 4.69) is 234 Å². The average molecular weight is 852 g/mol. The number of anilines is 3. The zero-order valence-corrected chi connectivity index (χ0v) is 38.6. The van der Waals surface area contributed by atoms with Crippen LogP contribution in [0, 0.1) is 0 Å². The molecule has 0 saturated heterocycles. The predicted molar refractivity (Wildman–Crippen MR) is 278 cm³/mol. The van der Waals surface area contributed by atoms with Crippen LogP contribution in [0.1, 0.15) is 74.9 Å². The zero-order chi connectivity index (χ0) is 44.0. The van der Waals surface area contributed by atoms with E-state index in [1.165, 1.54) is 126 Å². The molecule has 10 aromatic rings. The number of hydrogen-bond donors (Lipinski definition) is 0. The number of thiophene rings is 1. The summed E-state index contributed by atoms with van der Waals surface area (Å²) in [6.45, 7) is 14.4. The number of nitrogens with zero attached hydrogens (tertiary/aromatic N) is 1. The number of hydrogen-bond acceptors (Lipinski definition) is 2. The van der Waals surface area contributed by atoms with Gasteiger partial charge in [-0.1, -0.05) is 163 Å². The molecular weight excluding hydrogens is 803 g/mol. The van der Waals surface area contributed by atoms with E-state index in [9.17, 15) is 0 Å². The zero-order valence-electron chi connectivity index (χ0n) is 37.8. The average Bonchev–Trinajstić information content (AvgIpc) is 3.97. The van der Waals surface area contributed by atoms with Crippen LogP contribution < -0.4 is 4.90 Å². The molecule has 0 N–H and O–H groups in total. The van der Waals surface area contributed by atoms with Gasteiger partial charge in [-0.2, -0.15) is 0 Å². The Bertz CT molecular complexity index is 3640. The van der Waals surface area contributed by atoms with Gasteiger partial charge in [0.05, 0.1) is 0 Å². The highest BCUT2D eigenvalue weighted by molar-refractivity contribution is 7.25. The van der Waals surface area contributed by atoms with Crippen molar-refractivity contribution in [1.82, 2.24) is 0 Å². The van der Waals surface area contributed by atoms with Gasteiger partial charge in [-0.3, -0.25) is 0 Å². The van der Waals surface area contributed by atoms with E-state index in [0.29, 0.717) is 0 Å². The molecule has 0 fully saturated rings. The van der Waals surface area contributed by atoms with Crippen LogP contribution in [0.5, 0.6) is 0 Å². The molecular formula is C63H49NS. The SMILES string of the molecule is CC1(C)c2ccccc2-c2ccc(N(c3ccc4c(c3)C(C)(C)c3cc(-c5ccccc5)ccc3-4)c3ccc4c(c3)C(C)(C)c3cc(-c5ccc6sc7ccccc7c6c5)ccc3-4)cc21. The Morgan fingerprint density at radius 1 is 0.292 bits per heavy atom. The molecule has 0 spiro atoms. The van der Waals surface area contributed by atoms with Crippen molar-refractivity contribution in [3.05, 3.63) is 221 Å². The van der Waals surface area contributed by atoms with Crippen molar-refractivity contribution in [3.8, 4) is 55.6 Å². The van der Waals surface area contributed by atoms with Gasteiger partial charge in [0.1, 0.15) is 0 Å². The van der Waals surface area contributed by atoms with Gasteiger partial charge < -0.3 is 4.90 Å². The van der Waals surface area contributed by atoms with Crippen LogP contribution in [0.15, 0.2) is 188 Å². The molecule has 0 unspecified atom stereocenters. The van der Waals surface area contributed by atoms with Gasteiger partial charge in [0.25, 0.3) is 0 Å². The quantitative estimate of drug-likeness (QED) is 0.167. The Hall–Kier alpha value is -7.00. The third-order valence-corrected chi connectivity index (χ3v) is 16.6. The van der Waals surface area contributed by atoms with Gasteiger partial charge in [-0.25, -0.2) is 0 Å². The summed E-state index contributed by atoms with van der Waals surface area (Å²) in [7, 11) is 0. The number of fused-ring (bicyclic) bond motifs is 12. The highest BCUT2D eigenvalue weighted by Crippen LogP contribution is 2.56. The first-order chi connectivity index (χ1) is 31.5. The second-order valence-corrected chi connectivity index (χ2v) is 21.2. The Kier molecular flexibility index (Phi) is 8.00. The standard InChI is InChI=1S/C63H49NS/c1-61(2)53-18-12-10-16-45(53)48-28-23-42(35-56(48)61)64(43-24-29-49-46-26-20-40(38-14-8-7-9-15-38)33-54(46)62(3,4)57(49)36-43)44-25-30-50-47-27-21-41(34-55(47)63(5,6)58(50)37-44)39-22-31-60-52(32-39)51-17-11-13-19-59(51)65-60/h7-37H,1-6H3. The normalized spacial score (nSPS) is 15.3. The molecule has 0 atom stereocenters. The van der Waals surface area contributed by atoms with Gasteiger partial charge in [0.2, 0.25) is 0 Å². The van der Waals surface area contributed by atoms with E-state index in [4.69, 9.17) is 0 Å². The van der Waals surface area contributed by atoms with Crippen LogP contribution in [0.25, 0.3) is 75.8 Å². The summed E-state index contributed by atoms with van der Waals surface area (Å²) < 4.78 is 2.68. The molecule has 0 bridgehead atoms. The molecule has 0 aliphatic heterocycles. The van der Waals surface area contributed by atoms with E-state index in [1.807, 2.05) is 11.3 Å². The van der Waals surface area contributed by atoms with Crippen molar-refractivity contribution in [2.24, 2.45) is 0 Å². The molecule has 0 amide bonds. The molecule has 13 rings (SSSR count). The molecule has 0 radical (unpaired) electrons. The fourth-order valence-electron chi connectivity index (χ4n) is 11.9. The molecule has 312 valence electrons. The summed E-state index contributed by atoms with van der Waals surface area (Å²) in [6, 6.07) is 71.4. The summed E-state index contributed by atoms with van der Waals surface area (Å²) in [5.41, 5.74) is 24.3. The summed E-state index contributed by atoms with van der Waals surface area (Å²) in [5.74, 6) is 0. The van der Waals surface area contributed by atoms with Crippen LogP contribution in [-0.2, 0) is 16.2 Å². The third kappa shape index (κ3) is 5.50. The lowest BCUT2D eigenvalue weighted by Gasteiger charge is -2.31. The molecule has 3 aliphatic rings. The van der Waals surface area contributed by atoms with Crippen LogP contribution in [0.2, 0.25) is 0 Å². The summed E-state index contributed by atoms with van der Waals surface area (Å²) >= 11 is 1.88. The van der Waals surface area contributed by atoms with Crippen LogP contribution in [-0.4, -0.2) is 0 Å². The van der Waals surface area contributed by atoms with Crippen molar-refractivity contribution in [3.63, 3.8) is 0 Å². The first kappa shape index (κ1) is 38.5. The fourth-order valence-corrected chi connectivity index (χ4v) is 13.0. The van der Waals surface area contributed by atoms with Crippen molar-refractivity contribution < 1.29 is 0 Å². The largest absolute Gasteiger partial charge is 0.310 e. The second kappa shape index (κ2) is 13.5. The minimum atomic E-state index is -0.207. The Balaban J connectivity index is 0.939. The summed E-state index contributed by atoms with van der Waals surface area (Å²) in [6.07, 6.45) is 0. The van der Waals surface area contributed by atoms with E-state index < -0.39 is 0 Å². The van der Waals surface area contributed by atoms with Gasteiger partial charge in [0, 0.05) is 53.5 Å². The lowest BCUT2D eigenvalue weighted by Crippen LogP contribution is -2.19. The molecule has 1 heterocycles. The Labute approximate surface area is 386 Å². The number of rotatable bonds is 5. The van der Waals surface area contributed by atoms with Crippen molar-refractivity contribution in [2.45, 2.75) is 57.8 Å². The predicted octanol–water partition coefficient (Wildman–Crippen LogP) is 17.8. The van der Waals surface area contributed by atoms with Crippen LogP contribution in [0.4, 0.5) is 17.1 Å². The Morgan fingerprint density at radius 2 is 0.692 bits per heavy atom. The summed E-state index contributed by atoms with van der Waals surface area (Å²) in [4.78, 5) is 2.53. The first-order valence-corrected chi connectivity index (χ1v) is 23.9. The highest BCUT2D eigenvalue weighted by atomic mass is 32.1. The highest BCUT2D eigenvalue weighted by Gasteiger charge is 2.40. The molecule has 3 aliphatic carbocycles.